The number of benzene rings is 2. The first kappa shape index (κ1) is 20.5. The van der Waals surface area contributed by atoms with Crippen LogP contribution in [0, 0.1) is 10.1 Å². The van der Waals surface area contributed by atoms with E-state index in [-0.39, 0.29) is 22.2 Å². The molecule has 29 heavy (non-hydrogen) atoms. The molecule has 1 amide bonds. The summed E-state index contributed by atoms with van der Waals surface area (Å²) in [6, 6.07) is 14.6. The SMILES string of the molecule is CN(Cc1cccs1)C(=O)c1ccc(NS(=O)(=O)c2cccc([N+](=O)[O-])c2)cc1. The molecule has 0 spiro atoms. The molecule has 1 heterocycles. The Labute approximate surface area is 171 Å². The number of amides is 1. The molecule has 0 unspecified atom stereocenters. The smallest absolute Gasteiger partial charge is 0.270 e. The summed E-state index contributed by atoms with van der Waals surface area (Å²) in [5.74, 6) is -0.188. The summed E-state index contributed by atoms with van der Waals surface area (Å²) < 4.78 is 27.3. The zero-order chi connectivity index (χ0) is 21.0. The zero-order valence-corrected chi connectivity index (χ0v) is 16.9. The van der Waals surface area contributed by atoms with Gasteiger partial charge >= 0.3 is 0 Å². The zero-order valence-electron chi connectivity index (χ0n) is 15.3. The second-order valence-corrected chi connectivity index (χ2v) is 8.89. The molecule has 3 rings (SSSR count). The number of hydrogen-bond acceptors (Lipinski definition) is 6. The van der Waals surface area contributed by atoms with Gasteiger partial charge in [-0.15, -0.1) is 11.3 Å². The molecule has 0 aliphatic heterocycles. The highest BCUT2D eigenvalue weighted by atomic mass is 32.2. The summed E-state index contributed by atoms with van der Waals surface area (Å²) in [6.45, 7) is 0.484. The van der Waals surface area contributed by atoms with E-state index in [0.717, 1.165) is 10.9 Å². The highest BCUT2D eigenvalue weighted by Gasteiger charge is 2.18. The summed E-state index contributed by atoms with van der Waals surface area (Å²) in [4.78, 5) is 25.1. The van der Waals surface area contributed by atoms with Gasteiger partial charge in [-0.05, 0) is 41.8 Å². The van der Waals surface area contributed by atoms with Crippen LogP contribution in [0.1, 0.15) is 15.2 Å². The van der Waals surface area contributed by atoms with E-state index in [4.69, 9.17) is 0 Å². The predicted octanol–water partition coefficient (Wildman–Crippen LogP) is 3.73. The molecule has 8 nitrogen and oxygen atoms in total. The van der Waals surface area contributed by atoms with Gasteiger partial charge in [0, 0.05) is 35.3 Å². The van der Waals surface area contributed by atoms with Gasteiger partial charge in [0.2, 0.25) is 0 Å². The molecule has 0 aliphatic rings. The molecule has 1 aromatic heterocycles. The number of nitrogens with one attached hydrogen (secondary N) is 1. The van der Waals surface area contributed by atoms with Crippen LogP contribution in [0.3, 0.4) is 0 Å². The molecule has 1 N–H and O–H groups in total. The summed E-state index contributed by atoms with van der Waals surface area (Å²) in [5.41, 5.74) is 0.346. The lowest BCUT2D eigenvalue weighted by molar-refractivity contribution is -0.385. The van der Waals surface area contributed by atoms with Gasteiger partial charge < -0.3 is 4.90 Å². The summed E-state index contributed by atoms with van der Waals surface area (Å²) in [5, 5.41) is 12.8. The van der Waals surface area contributed by atoms with Gasteiger partial charge in [-0.3, -0.25) is 19.6 Å². The number of non-ortho nitro benzene ring substituents is 1. The molecule has 0 aliphatic carbocycles. The number of rotatable bonds is 7. The van der Waals surface area contributed by atoms with Gasteiger partial charge in [-0.25, -0.2) is 8.42 Å². The van der Waals surface area contributed by atoms with Crippen LogP contribution in [0.4, 0.5) is 11.4 Å². The highest BCUT2D eigenvalue weighted by molar-refractivity contribution is 7.92. The van der Waals surface area contributed by atoms with Crippen LogP contribution in [0.2, 0.25) is 0 Å². The summed E-state index contributed by atoms with van der Waals surface area (Å²) >= 11 is 1.56. The van der Waals surface area contributed by atoms with Crippen molar-refractivity contribution in [1.29, 1.82) is 0 Å². The molecule has 2 aromatic carbocycles. The molecule has 0 saturated heterocycles. The fourth-order valence-electron chi connectivity index (χ4n) is 2.59. The Kier molecular flexibility index (Phi) is 5.95. The Balaban J connectivity index is 1.72. The average Bonchev–Trinajstić information content (AvgIpc) is 3.21. The number of sulfonamides is 1. The largest absolute Gasteiger partial charge is 0.337 e. The van der Waals surface area contributed by atoms with E-state index in [2.05, 4.69) is 4.72 Å². The van der Waals surface area contributed by atoms with Crippen molar-refractivity contribution in [2.75, 3.05) is 11.8 Å². The molecular formula is C19H17N3O5S2. The van der Waals surface area contributed by atoms with E-state index in [1.165, 1.54) is 42.5 Å². The van der Waals surface area contributed by atoms with Crippen LogP contribution in [-0.2, 0) is 16.6 Å². The van der Waals surface area contributed by atoms with Gasteiger partial charge in [-0.1, -0.05) is 12.1 Å². The molecule has 150 valence electrons. The third-order valence-electron chi connectivity index (χ3n) is 4.04. The normalized spacial score (nSPS) is 11.1. The Hall–Kier alpha value is -3.24. The number of nitrogens with zero attached hydrogens (tertiary/aromatic N) is 2. The van der Waals surface area contributed by atoms with Gasteiger partial charge in [0.05, 0.1) is 16.4 Å². The Bertz CT molecular complexity index is 1130. The van der Waals surface area contributed by atoms with Gasteiger partial charge in [0.15, 0.2) is 0 Å². The fourth-order valence-corrected chi connectivity index (χ4v) is 4.44. The maximum atomic E-state index is 12.5. The van der Waals surface area contributed by atoms with Gasteiger partial charge in [0.1, 0.15) is 0 Å². The van der Waals surface area contributed by atoms with Crippen molar-refractivity contribution in [3.63, 3.8) is 0 Å². The first-order valence-electron chi connectivity index (χ1n) is 8.41. The highest BCUT2D eigenvalue weighted by Crippen LogP contribution is 2.21. The van der Waals surface area contributed by atoms with Crippen molar-refractivity contribution in [1.82, 2.24) is 4.90 Å². The van der Waals surface area contributed by atoms with E-state index < -0.39 is 14.9 Å². The van der Waals surface area contributed by atoms with Crippen LogP contribution in [0.25, 0.3) is 0 Å². The van der Waals surface area contributed by atoms with Crippen LogP contribution >= 0.6 is 11.3 Å². The van der Waals surface area contributed by atoms with Crippen LogP contribution in [-0.4, -0.2) is 31.2 Å². The second kappa shape index (κ2) is 8.41. The first-order valence-corrected chi connectivity index (χ1v) is 10.8. The third kappa shape index (κ3) is 4.98. The van der Waals surface area contributed by atoms with Crippen molar-refractivity contribution < 1.29 is 18.1 Å². The minimum atomic E-state index is -4.00. The standard InChI is InChI=1S/C19H17N3O5S2/c1-21(13-17-5-3-11-28-17)19(23)14-7-9-15(10-8-14)20-29(26,27)18-6-2-4-16(12-18)22(24)25/h2-12,20H,13H2,1H3. The van der Waals surface area contributed by atoms with Crippen LogP contribution < -0.4 is 4.72 Å². The molecule has 10 heteroatoms. The number of carbonyl (C=O) groups excluding carboxylic acids is 1. The third-order valence-corrected chi connectivity index (χ3v) is 6.28. The lowest BCUT2D eigenvalue weighted by atomic mass is 10.2. The van der Waals surface area contributed by atoms with Crippen molar-refractivity contribution in [2.45, 2.75) is 11.4 Å². The molecule has 0 fully saturated rings. The minimum Gasteiger partial charge on any atom is -0.337 e. The quantitative estimate of drug-likeness (QED) is 0.453. The Morgan fingerprint density at radius 1 is 1.14 bits per heavy atom. The number of nitro groups is 1. The molecule has 0 saturated carbocycles. The van der Waals surface area contributed by atoms with E-state index in [1.54, 1.807) is 23.3 Å². The van der Waals surface area contributed by atoms with Gasteiger partial charge in [-0.2, -0.15) is 0 Å². The lowest BCUT2D eigenvalue weighted by Gasteiger charge is -2.16. The van der Waals surface area contributed by atoms with Gasteiger partial charge in [0.25, 0.3) is 21.6 Å². The topological polar surface area (TPSA) is 110 Å². The lowest BCUT2D eigenvalue weighted by Crippen LogP contribution is -2.25. The molecule has 0 atom stereocenters. The molecule has 0 bridgehead atoms. The van der Waals surface area contributed by atoms with E-state index in [9.17, 15) is 23.3 Å². The Morgan fingerprint density at radius 2 is 1.86 bits per heavy atom. The Morgan fingerprint density at radius 3 is 2.48 bits per heavy atom. The van der Waals surface area contributed by atoms with E-state index in [0.29, 0.717) is 12.1 Å². The maximum absolute atomic E-state index is 12.5. The fraction of sp³-hybridized carbons (Fsp3) is 0.105. The number of nitro benzene ring substituents is 1. The molecular weight excluding hydrogens is 414 g/mol. The maximum Gasteiger partial charge on any atom is 0.270 e. The van der Waals surface area contributed by atoms with Crippen molar-refractivity contribution >= 4 is 38.6 Å². The van der Waals surface area contributed by atoms with E-state index >= 15 is 0 Å². The molecule has 3 aromatic rings. The second-order valence-electron chi connectivity index (χ2n) is 6.18. The van der Waals surface area contributed by atoms with Crippen LogP contribution in [0.5, 0.6) is 0 Å². The van der Waals surface area contributed by atoms with E-state index in [1.807, 2.05) is 17.5 Å². The predicted molar refractivity (Wildman–Crippen MR) is 110 cm³/mol. The average molecular weight is 431 g/mol. The van der Waals surface area contributed by atoms with Crippen molar-refractivity contribution in [3.05, 3.63) is 86.6 Å². The number of thiophene rings is 1. The van der Waals surface area contributed by atoms with Crippen LogP contribution in [0.15, 0.2) is 70.9 Å². The summed E-state index contributed by atoms with van der Waals surface area (Å²) in [6.07, 6.45) is 0. The monoisotopic (exact) mass is 431 g/mol. The number of anilines is 1. The number of carbonyl (C=O) groups is 1. The summed E-state index contributed by atoms with van der Waals surface area (Å²) in [7, 11) is -2.31. The minimum absolute atomic E-state index is 0.188. The number of hydrogen-bond donors (Lipinski definition) is 1. The van der Waals surface area contributed by atoms with Crippen molar-refractivity contribution in [3.8, 4) is 0 Å². The first-order chi connectivity index (χ1) is 13.8. The van der Waals surface area contributed by atoms with Crippen molar-refractivity contribution in [2.24, 2.45) is 0 Å². The molecule has 0 radical (unpaired) electrons.